The number of hydrogen-bond acceptors (Lipinski definition) is 5. The summed E-state index contributed by atoms with van der Waals surface area (Å²) in [5, 5.41) is 4.73. The van der Waals surface area contributed by atoms with E-state index in [1.54, 1.807) is 18.3 Å². The highest BCUT2D eigenvalue weighted by Gasteiger charge is 2.33. The van der Waals surface area contributed by atoms with Gasteiger partial charge in [0.1, 0.15) is 11.6 Å². The van der Waals surface area contributed by atoms with Gasteiger partial charge in [-0.25, -0.2) is 9.97 Å². The van der Waals surface area contributed by atoms with Crippen molar-refractivity contribution in [2.24, 2.45) is 7.05 Å². The Bertz CT molecular complexity index is 1570. The highest BCUT2D eigenvalue weighted by atomic mass is 32.1. The van der Waals surface area contributed by atoms with E-state index in [1.165, 1.54) is 10.9 Å². The highest BCUT2D eigenvalue weighted by molar-refractivity contribution is 7.17. The van der Waals surface area contributed by atoms with E-state index in [2.05, 4.69) is 57.1 Å². The molecule has 5 heterocycles. The number of anilines is 1. The first-order valence-corrected chi connectivity index (χ1v) is 12.2. The van der Waals surface area contributed by atoms with Gasteiger partial charge in [-0.15, -0.1) is 11.3 Å². The van der Waals surface area contributed by atoms with Crippen LogP contribution in [0, 0.1) is 6.92 Å². The minimum absolute atomic E-state index is 0.104. The second-order valence-corrected chi connectivity index (χ2v) is 10.1. The number of thiophene rings is 1. The lowest BCUT2D eigenvalue weighted by atomic mass is 9.92. The summed E-state index contributed by atoms with van der Waals surface area (Å²) in [5.74, 6) is 2.16. The van der Waals surface area contributed by atoms with Crippen LogP contribution in [0.5, 0.6) is 0 Å². The Hall–Kier alpha value is -3.71. The Morgan fingerprint density at radius 2 is 1.97 bits per heavy atom. The molecule has 1 aliphatic heterocycles. The molecule has 2 N–H and O–H groups in total. The van der Waals surface area contributed by atoms with Gasteiger partial charge in [-0.2, -0.15) is 0 Å². The number of fused-ring (bicyclic) bond motifs is 2. The number of aromatic nitrogens is 4. The minimum Gasteiger partial charge on any atom is -0.366 e. The molecule has 1 aliphatic rings. The standard InChI is InChI=1S/C27H25N5OS/c1-14-26(20-10-17(12-29-27(20)30-14)23-13-28-16(3)32(23)4)22-11-19-18(6-5-7-21(19)31-22)25-9-8-24(34-25)15(2)33/h5-14,26,31H,1-4H3,(H,29,30)/t14-,26?/m1/s1. The molecule has 6 rings (SSSR count). The smallest absolute Gasteiger partial charge is 0.169 e. The van der Waals surface area contributed by atoms with Crippen molar-refractivity contribution in [3.8, 4) is 21.7 Å². The molecule has 0 spiro atoms. The number of aromatic amines is 1. The molecule has 6 nitrogen and oxygen atoms in total. The number of carbonyl (C=O) groups is 1. The van der Waals surface area contributed by atoms with E-state index in [4.69, 9.17) is 4.98 Å². The minimum atomic E-state index is 0.104. The molecular formula is C27H25N5OS. The summed E-state index contributed by atoms with van der Waals surface area (Å²) in [5.41, 5.74) is 6.71. The van der Waals surface area contributed by atoms with Gasteiger partial charge in [-0.05, 0) is 51.1 Å². The van der Waals surface area contributed by atoms with Crippen LogP contribution in [0.3, 0.4) is 0 Å². The van der Waals surface area contributed by atoms with Crippen molar-refractivity contribution < 1.29 is 4.79 Å². The average Bonchev–Trinajstić information content (AvgIpc) is 3.58. The van der Waals surface area contributed by atoms with Crippen molar-refractivity contribution in [1.82, 2.24) is 19.5 Å². The molecule has 4 aromatic heterocycles. The fourth-order valence-electron chi connectivity index (χ4n) is 4.99. The molecule has 0 aliphatic carbocycles. The highest BCUT2D eigenvalue weighted by Crippen LogP contribution is 2.43. The third-order valence-corrected chi connectivity index (χ3v) is 8.09. The fourth-order valence-corrected chi connectivity index (χ4v) is 5.93. The van der Waals surface area contributed by atoms with Crippen molar-refractivity contribution in [3.63, 3.8) is 0 Å². The van der Waals surface area contributed by atoms with Crippen molar-refractivity contribution >= 4 is 33.8 Å². The van der Waals surface area contributed by atoms with Crippen LogP contribution in [-0.4, -0.2) is 31.3 Å². The normalized spacial score (nSPS) is 17.2. The maximum atomic E-state index is 11.8. The monoisotopic (exact) mass is 467 g/mol. The number of nitrogens with zero attached hydrogens (tertiary/aromatic N) is 3. The van der Waals surface area contributed by atoms with E-state index in [9.17, 15) is 4.79 Å². The summed E-state index contributed by atoms with van der Waals surface area (Å²) in [6, 6.07) is 15.0. The first-order chi connectivity index (χ1) is 16.4. The number of benzene rings is 1. The summed E-state index contributed by atoms with van der Waals surface area (Å²) in [6.07, 6.45) is 3.83. The lowest BCUT2D eigenvalue weighted by Crippen LogP contribution is -2.17. The molecule has 0 bridgehead atoms. The van der Waals surface area contributed by atoms with E-state index < -0.39 is 0 Å². The maximum Gasteiger partial charge on any atom is 0.169 e. The molecule has 1 unspecified atom stereocenters. The predicted octanol–water partition coefficient (Wildman–Crippen LogP) is 6.15. The largest absolute Gasteiger partial charge is 0.366 e. The molecule has 5 aromatic rings. The molecule has 7 heteroatoms. The van der Waals surface area contributed by atoms with Gasteiger partial charge < -0.3 is 14.9 Å². The Balaban J connectivity index is 1.45. The molecular weight excluding hydrogens is 442 g/mol. The maximum absolute atomic E-state index is 11.8. The first-order valence-electron chi connectivity index (χ1n) is 11.4. The van der Waals surface area contributed by atoms with Gasteiger partial charge >= 0.3 is 0 Å². The van der Waals surface area contributed by atoms with E-state index in [0.29, 0.717) is 0 Å². The van der Waals surface area contributed by atoms with E-state index in [-0.39, 0.29) is 17.7 Å². The Morgan fingerprint density at radius 3 is 2.71 bits per heavy atom. The van der Waals surface area contributed by atoms with Gasteiger partial charge in [0.2, 0.25) is 0 Å². The number of H-pyrrole nitrogens is 1. The third kappa shape index (κ3) is 3.19. The molecule has 0 saturated heterocycles. The Labute approximate surface area is 201 Å². The molecule has 1 aromatic carbocycles. The zero-order valence-electron chi connectivity index (χ0n) is 19.5. The average molecular weight is 468 g/mol. The number of imidazole rings is 1. The van der Waals surface area contributed by atoms with Crippen LogP contribution in [0.25, 0.3) is 32.6 Å². The summed E-state index contributed by atoms with van der Waals surface area (Å²) in [6.45, 7) is 5.82. The van der Waals surface area contributed by atoms with Crippen LogP contribution in [0.2, 0.25) is 0 Å². The number of aryl methyl sites for hydroxylation is 1. The Morgan fingerprint density at radius 1 is 1.12 bits per heavy atom. The quantitative estimate of drug-likeness (QED) is 0.311. The summed E-state index contributed by atoms with van der Waals surface area (Å²) in [4.78, 5) is 26.6. The van der Waals surface area contributed by atoms with Crippen LogP contribution in [0.15, 0.2) is 54.9 Å². The molecule has 34 heavy (non-hydrogen) atoms. The molecule has 170 valence electrons. The van der Waals surface area contributed by atoms with Gasteiger partial charge in [0.25, 0.3) is 0 Å². The third-order valence-electron chi connectivity index (χ3n) is 6.87. The second kappa shape index (κ2) is 7.67. The van der Waals surface area contributed by atoms with Crippen molar-refractivity contribution in [1.29, 1.82) is 0 Å². The zero-order chi connectivity index (χ0) is 23.6. The van der Waals surface area contributed by atoms with Gasteiger partial charge in [0.05, 0.1) is 16.8 Å². The topological polar surface area (TPSA) is 75.6 Å². The number of carbonyl (C=O) groups excluding carboxylic acids is 1. The molecule has 0 amide bonds. The molecule has 0 radical (unpaired) electrons. The summed E-state index contributed by atoms with van der Waals surface area (Å²) >= 11 is 1.55. The molecule has 0 fully saturated rings. The van der Waals surface area contributed by atoms with Crippen molar-refractivity contribution in [2.75, 3.05) is 5.32 Å². The molecule has 0 saturated carbocycles. The molecule has 2 atom stereocenters. The van der Waals surface area contributed by atoms with Crippen LogP contribution < -0.4 is 5.32 Å². The van der Waals surface area contributed by atoms with Gasteiger partial charge in [-0.1, -0.05) is 12.1 Å². The number of hydrogen-bond donors (Lipinski definition) is 2. The first kappa shape index (κ1) is 20.9. The second-order valence-electron chi connectivity index (χ2n) is 9.03. The van der Waals surface area contributed by atoms with Crippen LogP contribution >= 0.6 is 11.3 Å². The lowest BCUT2D eigenvalue weighted by molar-refractivity contribution is 0.102. The van der Waals surface area contributed by atoms with Gasteiger partial charge in [0.15, 0.2) is 5.78 Å². The summed E-state index contributed by atoms with van der Waals surface area (Å²) < 4.78 is 2.09. The Kier molecular flexibility index (Phi) is 4.71. The number of nitrogens with one attached hydrogen (secondary N) is 2. The van der Waals surface area contributed by atoms with Crippen molar-refractivity contribution in [2.45, 2.75) is 32.7 Å². The van der Waals surface area contributed by atoms with E-state index in [0.717, 1.165) is 49.4 Å². The number of pyridine rings is 1. The lowest BCUT2D eigenvalue weighted by Gasteiger charge is -2.15. The number of rotatable bonds is 4. The van der Waals surface area contributed by atoms with Crippen LogP contribution in [0.1, 0.15) is 46.5 Å². The van der Waals surface area contributed by atoms with Gasteiger partial charge in [0, 0.05) is 63.4 Å². The zero-order valence-corrected chi connectivity index (χ0v) is 20.3. The van der Waals surface area contributed by atoms with Gasteiger partial charge in [-0.3, -0.25) is 4.79 Å². The summed E-state index contributed by atoms with van der Waals surface area (Å²) in [7, 11) is 2.03. The fraction of sp³-hybridized carbons (Fsp3) is 0.222. The van der Waals surface area contributed by atoms with E-state index >= 15 is 0 Å². The van der Waals surface area contributed by atoms with Crippen LogP contribution in [0.4, 0.5) is 5.82 Å². The number of ketones is 1. The van der Waals surface area contributed by atoms with Crippen LogP contribution in [-0.2, 0) is 7.05 Å². The SMILES string of the molecule is CC(=O)c1ccc(-c2cccc3[nH]c(C4c5cc(-c6cnc(C)n6C)cnc5N[C@@H]4C)cc23)s1. The van der Waals surface area contributed by atoms with Crippen molar-refractivity contribution in [3.05, 3.63) is 76.8 Å². The van der Waals surface area contributed by atoms with E-state index in [1.807, 2.05) is 38.5 Å². The number of Topliss-reactive ketones (excluding diaryl/α,β-unsaturated/α-hetero) is 1. The predicted molar refractivity (Wildman–Crippen MR) is 138 cm³/mol.